The van der Waals surface area contributed by atoms with Gasteiger partial charge in [0.1, 0.15) is 0 Å². The zero-order chi connectivity index (χ0) is 13.9. The molecule has 4 nitrogen and oxygen atoms in total. The average Bonchev–Trinajstić information content (AvgIpc) is 2.85. The van der Waals surface area contributed by atoms with Gasteiger partial charge in [-0.1, -0.05) is 25.1 Å². The molecule has 1 heterocycles. The van der Waals surface area contributed by atoms with Crippen LogP contribution in [0.3, 0.4) is 0 Å². The Balaban J connectivity index is 1.97. The Kier molecular flexibility index (Phi) is 4.60. The number of aryl methyl sites for hydroxylation is 1. The third-order valence-electron chi connectivity index (χ3n) is 3.76. The molecule has 1 aromatic carbocycles. The number of benzene rings is 1. The normalized spacial score (nSPS) is 20.8. The molecule has 106 valence electrons. The minimum absolute atomic E-state index is 0.389. The number of sulfonamides is 1. The van der Waals surface area contributed by atoms with E-state index in [1.807, 2.05) is 19.1 Å². The fraction of sp³-hybridized carbons (Fsp3) is 0.571. The first-order chi connectivity index (χ1) is 9.03. The lowest BCUT2D eigenvalue weighted by molar-refractivity contribution is 0.342. The van der Waals surface area contributed by atoms with Gasteiger partial charge in [0.25, 0.3) is 0 Å². The van der Waals surface area contributed by atoms with Gasteiger partial charge in [0, 0.05) is 13.1 Å². The van der Waals surface area contributed by atoms with Crippen molar-refractivity contribution in [3.8, 4) is 0 Å². The second-order valence-electron chi connectivity index (χ2n) is 5.17. The first-order valence-corrected chi connectivity index (χ1v) is 8.29. The first-order valence-electron chi connectivity index (χ1n) is 6.80. The molecule has 1 aromatic rings. The van der Waals surface area contributed by atoms with Crippen molar-refractivity contribution in [2.45, 2.75) is 25.2 Å². The molecular weight excluding hydrogens is 260 g/mol. The molecule has 0 spiro atoms. The second-order valence-corrected chi connectivity index (χ2v) is 6.90. The fourth-order valence-electron chi connectivity index (χ4n) is 2.53. The predicted octanol–water partition coefficient (Wildman–Crippen LogP) is 1.62. The van der Waals surface area contributed by atoms with Crippen LogP contribution in [0.2, 0.25) is 0 Å². The summed E-state index contributed by atoms with van der Waals surface area (Å²) in [4.78, 5) is 2.74. The highest BCUT2D eigenvalue weighted by Gasteiger charge is 2.23. The van der Waals surface area contributed by atoms with E-state index in [1.54, 1.807) is 12.1 Å². The van der Waals surface area contributed by atoms with E-state index >= 15 is 0 Å². The molecule has 1 aliphatic heterocycles. The molecule has 0 amide bonds. The first kappa shape index (κ1) is 14.5. The van der Waals surface area contributed by atoms with E-state index in [4.69, 9.17) is 0 Å². The van der Waals surface area contributed by atoms with Crippen molar-refractivity contribution in [1.29, 1.82) is 0 Å². The summed E-state index contributed by atoms with van der Waals surface area (Å²) < 4.78 is 27.2. The quantitative estimate of drug-likeness (QED) is 0.892. The highest BCUT2D eigenvalue weighted by atomic mass is 32.2. The molecule has 1 atom stereocenters. The number of nitrogens with zero attached hydrogens (tertiary/aromatic N) is 1. The Hall–Kier alpha value is -0.910. The molecule has 0 bridgehead atoms. The van der Waals surface area contributed by atoms with E-state index in [-0.39, 0.29) is 0 Å². The van der Waals surface area contributed by atoms with Crippen molar-refractivity contribution in [3.63, 3.8) is 0 Å². The molecule has 0 saturated carbocycles. The lowest BCUT2D eigenvalue weighted by Crippen LogP contribution is -2.31. The average molecular weight is 282 g/mol. The van der Waals surface area contributed by atoms with Crippen molar-refractivity contribution < 1.29 is 8.42 Å². The van der Waals surface area contributed by atoms with Crippen LogP contribution in [-0.2, 0) is 10.0 Å². The Labute approximate surface area is 115 Å². The van der Waals surface area contributed by atoms with Gasteiger partial charge in [-0.05, 0) is 44.0 Å². The van der Waals surface area contributed by atoms with Gasteiger partial charge < -0.3 is 4.90 Å². The molecule has 1 fully saturated rings. The van der Waals surface area contributed by atoms with E-state index < -0.39 is 10.0 Å². The predicted molar refractivity (Wildman–Crippen MR) is 76.6 cm³/mol. The van der Waals surface area contributed by atoms with Crippen LogP contribution < -0.4 is 4.72 Å². The van der Waals surface area contributed by atoms with Gasteiger partial charge in [-0.15, -0.1) is 0 Å². The maximum atomic E-state index is 12.2. The van der Waals surface area contributed by atoms with Crippen molar-refractivity contribution in [2.75, 3.05) is 26.2 Å². The van der Waals surface area contributed by atoms with Crippen molar-refractivity contribution in [3.05, 3.63) is 29.8 Å². The molecule has 2 rings (SSSR count). The van der Waals surface area contributed by atoms with Gasteiger partial charge in [0.15, 0.2) is 0 Å². The Morgan fingerprint density at radius 1 is 1.37 bits per heavy atom. The van der Waals surface area contributed by atoms with Crippen LogP contribution in [0, 0.1) is 12.8 Å². The standard InChI is InChI=1S/C14H22N2O2S/c1-3-16-9-8-13(11-16)10-15-19(17,18)14-7-5-4-6-12(14)2/h4-7,13,15H,3,8-11H2,1-2H3. The van der Waals surface area contributed by atoms with E-state index in [2.05, 4.69) is 16.5 Å². The van der Waals surface area contributed by atoms with Crippen molar-refractivity contribution in [2.24, 2.45) is 5.92 Å². The number of likely N-dealkylation sites (tertiary alicyclic amines) is 1. The SMILES string of the molecule is CCN1CCC(CNS(=O)(=O)c2ccccc2C)C1. The van der Waals surface area contributed by atoms with Gasteiger partial charge in [-0.3, -0.25) is 0 Å². The van der Waals surface area contributed by atoms with Crippen LogP contribution in [0.1, 0.15) is 18.9 Å². The van der Waals surface area contributed by atoms with Crippen LogP contribution in [0.5, 0.6) is 0 Å². The van der Waals surface area contributed by atoms with Gasteiger partial charge >= 0.3 is 0 Å². The van der Waals surface area contributed by atoms with Gasteiger partial charge in [0.2, 0.25) is 10.0 Å². The number of hydrogen-bond donors (Lipinski definition) is 1. The van der Waals surface area contributed by atoms with Crippen molar-refractivity contribution in [1.82, 2.24) is 9.62 Å². The molecule has 1 unspecified atom stereocenters. The summed E-state index contributed by atoms with van der Waals surface area (Å²) >= 11 is 0. The van der Waals surface area contributed by atoms with Crippen LogP contribution in [-0.4, -0.2) is 39.5 Å². The topological polar surface area (TPSA) is 49.4 Å². The Morgan fingerprint density at radius 3 is 2.74 bits per heavy atom. The maximum absolute atomic E-state index is 12.2. The van der Waals surface area contributed by atoms with E-state index in [9.17, 15) is 8.42 Å². The molecule has 0 aromatic heterocycles. The second kappa shape index (κ2) is 6.03. The Bertz CT molecular complexity index is 528. The highest BCUT2D eigenvalue weighted by molar-refractivity contribution is 7.89. The van der Waals surface area contributed by atoms with Crippen molar-refractivity contribution >= 4 is 10.0 Å². The van der Waals surface area contributed by atoms with Gasteiger partial charge in [-0.2, -0.15) is 0 Å². The smallest absolute Gasteiger partial charge is 0.240 e. The number of nitrogens with one attached hydrogen (secondary N) is 1. The molecular formula is C14H22N2O2S. The largest absolute Gasteiger partial charge is 0.303 e. The summed E-state index contributed by atoms with van der Waals surface area (Å²) in [6.45, 7) is 7.61. The number of rotatable bonds is 5. The lowest BCUT2D eigenvalue weighted by Gasteiger charge is -2.14. The minimum Gasteiger partial charge on any atom is -0.303 e. The van der Waals surface area contributed by atoms with Crippen LogP contribution in [0.15, 0.2) is 29.2 Å². The zero-order valence-corrected chi connectivity index (χ0v) is 12.4. The van der Waals surface area contributed by atoms with Gasteiger partial charge in [0.05, 0.1) is 4.90 Å². The van der Waals surface area contributed by atoms with E-state index in [1.165, 1.54) is 0 Å². The molecule has 5 heteroatoms. The van der Waals surface area contributed by atoms with Gasteiger partial charge in [-0.25, -0.2) is 13.1 Å². The number of hydrogen-bond acceptors (Lipinski definition) is 3. The fourth-order valence-corrected chi connectivity index (χ4v) is 3.89. The summed E-state index contributed by atoms with van der Waals surface area (Å²) in [6.07, 6.45) is 1.07. The minimum atomic E-state index is -3.37. The highest BCUT2D eigenvalue weighted by Crippen LogP contribution is 2.17. The molecule has 1 aliphatic rings. The third-order valence-corrected chi connectivity index (χ3v) is 5.35. The molecule has 0 aliphatic carbocycles. The van der Waals surface area contributed by atoms with Crippen LogP contribution in [0.4, 0.5) is 0 Å². The lowest BCUT2D eigenvalue weighted by atomic mass is 10.1. The molecule has 19 heavy (non-hydrogen) atoms. The third kappa shape index (κ3) is 3.55. The van der Waals surface area contributed by atoms with Crippen LogP contribution in [0.25, 0.3) is 0 Å². The Morgan fingerprint density at radius 2 is 2.11 bits per heavy atom. The van der Waals surface area contributed by atoms with E-state index in [0.717, 1.165) is 31.6 Å². The molecule has 1 N–H and O–H groups in total. The maximum Gasteiger partial charge on any atom is 0.240 e. The summed E-state index contributed by atoms with van der Waals surface area (Å²) in [5, 5.41) is 0. The monoisotopic (exact) mass is 282 g/mol. The molecule has 0 radical (unpaired) electrons. The summed E-state index contributed by atoms with van der Waals surface area (Å²) in [5.41, 5.74) is 0.789. The molecule has 1 saturated heterocycles. The van der Waals surface area contributed by atoms with E-state index in [0.29, 0.717) is 17.4 Å². The summed E-state index contributed by atoms with van der Waals surface area (Å²) in [7, 11) is -3.37. The summed E-state index contributed by atoms with van der Waals surface area (Å²) in [6, 6.07) is 7.09. The zero-order valence-electron chi connectivity index (χ0n) is 11.6. The van der Waals surface area contributed by atoms with Crippen LogP contribution >= 0.6 is 0 Å². The summed E-state index contributed by atoms with van der Waals surface area (Å²) in [5.74, 6) is 0.429.